The Kier molecular flexibility index (Phi) is 4.46. The molecule has 0 atom stereocenters. The maximum absolute atomic E-state index is 11.7. The Balaban J connectivity index is 2.87. The van der Waals surface area contributed by atoms with Crippen LogP contribution in [0.4, 0.5) is 0 Å². The third-order valence-corrected chi connectivity index (χ3v) is 2.30. The summed E-state index contributed by atoms with van der Waals surface area (Å²) >= 11 is 0. The molecule has 0 heterocycles. The quantitative estimate of drug-likeness (QED) is 0.575. The zero-order chi connectivity index (χ0) is 11.3. The minimum absolute atomic E-state index is 0.0273. The predicted molar refractivity (Wildman–Crippen MR) is 57.5 cm³/mol. The summed E-state index contributed by atoms with van der Waals surface area (Å²) in [6.07, 6.45) is 0.664. The van der Waals surface area contributed by atoms with E-state index in [0.717, 1.165) is 12.8 Å². The van der Waals surface area contributed by atoms with Gasteiger partial charge in [0.2, 0.25) is 0 Å². The number of hydrogen-bond acceptors (Lipinski definition) is 3. The fraction of sp³-hybridized carbons (Fsp3) is 0.417. The van der Waals surface area contributed by atoms with Gasteiger partial charge in [-0.3, -0.25) is 4.79 Å². The van der Waals surface area contributed by atoms with Crippen LogP contribution in [0.2, 0.25) is 0 Å². The molecule has 0 bridgehead atoms. The molecule has 3 nitrogen and oxygen atoms in total. The van der Waals surface area contributed by atoms with Crippen LogP contribution in [0, 0.1) is 0 Å². The highest BCUT2D eigenvalue weighted by Crippen LogP contribution is 2.18. The van der Waals surface area contributed by atoms with Gasteiger partial charge in [0.05, 0.1) is 0 Å². The molecule has 0 aromatic heterocycles. The lowest BCUT2D eigenvalue weighted by atomic mass is 10.00. The van der Waals surface area contributed by atoms with Gasteiger partial charge in [-0.1, -0.05) is 37.6 Å². The monoisotopic (exact) mass is 208 g/mol. The normalized spacial score (nSPS) is 10.7. The molecule has 0 spiro atoms. The topological polar surface area (TPSA) is 57.5 Å². The average molecular weight is 208 g/mol. The molecule has 1 rings (SSSR count). The van der Waals surface area contributed by atoms with Gasteiger partial charge in [0, 0.05) is 17.5 Å². The van der Waals surface area contributed by atoms with Crippen molar-refractivity contribution in [1.29, 1.82) is 0 Å². The Morgan fingerprint density at radius 1 is 1.33 bits per heavy atom. The van der Waals surface area contributed by atoms with Crippen LogP contribution in [0.15, 0.2) is 24.3 Å². The molecule has 0 aliphatic heterocycles. The summed E-state index contributed by atoms with van der Waals surface area (Å²) in [5.41, 5.74) is 0.708. The zero-order valence-electron chi connectivity index (χ0n) is 8.81. The minimum atomic E-state index is -1.58. The molecular weight excluding hydrogens is 192 g/mol. The van der Waals surface area contributed by atoms with Crippen LogP contribution in [0.3, 0.4) is 0 Å². The molecule has 1 aromatic carbocycles. The molecule has 0 amide bonds. The third-order valence-electron chi connectivity index (χ3n) is 2.30. The smallest absolute Gasteiger partial charge is 0.179 e. The van der Waals surface area contributed by atoms with Crippen LogP contribution in [0.1, 0.15) is 48.4 Å². The Morgan fingerprint density at radius 2 is 2.00 bits per heavy atom. The molecule has 0 aliphatic rings. The summed E-state index contributed by atoms with van der Waals surface area (Å²) < 4.78 is 0. The summed E-state index contributed by atoms with van der Waals surface area (Å²) in [5, 5.41) is 18.2. The first-order chi connectivity index (χ1) is 7.16. The van der Waals surface area contributed by atoms with Crippen molar-refractivity contribution < 1.29 is 15.0 Å². The highest BCUT2D eigenvalue weighted by atomic mass is 16.5. The van der Waals surface area contributed by atoms with E-state index < -0.39 is 6.29 Å². The lowest BCUT2D eigenvalue weighted by molar-refractivity contribution is -0.0429. The second-order valence-electron chi connectivity index (χ2n) is 3.49. The summed E-state index contributed by atoms with van der Waals surface area (Å²) in [5.74, 6) is -0.0273. The molecule has 0 unspecified atom stereocenters. The van der Waals surface area contributed by atoms with Gasteiger partial charge >= 0.3 is 0 Å². The number of unbranched alkanes of at least 4 members (excludes halogenated alkanes) is 1. The minimum Gasteiger partial charge on any atom is -0.364 e. The maximum Gasteiger partial charge on any atom is 0.179 e. The predicted octanol–water partition coefficient (Wildman–Crippen LogP) is 2.04. The SMILES string of the molecule is CCCCC(=O)c1ccccc1C(O)O. The summed E-state index contributed by atoms with van der Waals surface area (Å²) in [6.45, 7) is 2.01. The van der Waals surface area contributed by atoms with Gasteiger partial charge in [-0.15, -0.1) is 0 Å². The lowest BCUT2D eigenvalue weighted by Crippen LogP contribution is -2.07. The van der Waals surface area contributed by atoms with Gasteiger partial charge in [-0.05, 0) is 6.42 Å². The second kappa shape index (κ2) is 5.63. The fourth-order valence-electron chi connectivity index (χ4n) is 1.45. The third kappa shape index (κ3) is 3.15. The van der Waals surface area contributed by atoms with E-state index in [4.69, 9.17) is 10.2 Å². The first-order valence-corrected chi connectivity index (χ1v) is 5.15. The van der Waals surface area contributed by atoms with Crippen molar-refractivity contribution in [3.63, 3.8) is 0 Å². The van der Waals surface area contributed by atoms with E-state index in [1.54, 1.807) is 24.3 Å². The Hall–Kier alpha value is -1.19. The molecule has 0 saturated heterocycles. The number of hydrogen-bond donors (Lipinski definition) is 2. The first-order valence-electron chi connectivity index (χ1n) is 5.15. The van der Waals surface area contributed by atoms with Gasteiger partial charge in [0.1, 0.15) is 0 Å². The van der Waals surface area contributed by atoms with Gasteiger partial charge in [-0.2, -0.15) is 0 Å². The number of aliphatic hydroxyl groups excluding tert-OH is 1. The van der Waals surface area contributed by atoms with Crippen molar-refractivity contribution in [1.82, 2.24) is 0 Å². The largest absolute Gasteiger partial charge is 0.364 e. The first kappa shape index (κ1) is 11.9. The Morgan fingerprint density at radius 3 is 2.60 bits per heavy atom. The van der Waals surface area contributed by atoms with E-state index in [-0.39, 0.29) is 5.78 Å². The van der Waals surface area contributed by atoms with Crippen LogP contribution < -0.4 is 0 Å². The summed E-state index contributed by atoms with van der Waals surface area (Å²) in [4.78, 5) is 11.7. The van der Waals surface area contributed by atoms with E-state index in [1.807, 2.05) is 6.92 Å². The van der Waals surface area contributed by atoms with Gasteiger partial charge in [0.15, 0.2) is 12.1 Å². The van der Waals surface area contributed by atoms with Crippen molar-refractivity contribution in [3.8, 4) is 0 Å². The van der Waals surface area contributed by atoms with E-state index in [0.29, 0.717) is 17.5 Å². The van der Waals surface area contributed by atoms with Crippen LogP contribution >= 0.6 is 0 Å². The maximum atomic E-state index is 11.7. The van der Waals surface area contributed by atoms with E-state index >= 15 is 0 Å². The molecule has 3 heteroatoms. The number of carbonyl (C=O) groups is 1. The van der Waals surface area contributed by atoms with Crippen molar-refractivity contribution >= 4 is 5.78 Å². The molecule has 0 radical (unpaired) electrons. The summed E-state index contributed by atoms with van der Waals surface area (Å²) in [6, 6.07) is 6.60. The average Bonchev–Trinajstić information content (AvgIpc) is 2.25. The van der Waals surface area contributed by atoms with Gasteiger partial charge in [0.25, 0.3) is 0 Å². The van der Waals surface area contributed by atoms with Crippen molar-refractivity contribution in [2.45, 2.75) is 32.5 Å². The molecular formula is C12H16O3. The highest BCUT2D eigenvalue weighted by Gasteiger charge is 2.14. The number of carbonyl (C=O) groups excluding carboxylic acids is 1. The molecule has 0 aliphatic carbocycles. The van der Waals surface area contributed by atoms with Crippen molar-refractivity contribution in [2.24, 2.45) is 0 Å². The number of ketones is 1. The fourth-order valence-corrected chi connectivity index (χ4v) is 1.45. The zero-order valence-corrected chi connectivity index (χ0v) is 8.81. The Bertz CT molecular complexity index is 331. The number of benzene rings is 1. The highest BCUT2D eigenvalue weighted by molar-refractivity contribution is 5.97. The molecule has 82 valence electrons. The van der Waals surface area contributed by atoms with Crippen LogP contribution in [0.25, 0.3) is 0 Å². The Labute approximate surface area is 89.4 Å². The summed E-state index contributed by atoms with van der Waals surface area (Å²) in [7, 11) is 0. The number of rotatable bonds is 5. The van der Waals surface area contributed by atoms with Gasteiger partial charge < -0.3 is 10.2 Å². The van der Waals surface area contributed by atoms with Crippen LogP contribution in [0.5, 0.6) is 0 Å². The van der Waals surface area contributed by atoms with Crippen LogP contribution in [-0.2, 0) is 0 Å². The second-order valence-corrected chi connectivity index (χ2v) is 3.49. The molecule has 0 fully saturated rings. The van der Waals surface area contributed by atoms with Crippen LogP contribution in [-0.4, -0.2) is 16.0 Å². The van der Waals surface area contributed by atoms with Gasteiger partial charge in [-0.25, -0.2) is 0 Å². The van der Waals surface area contributed by atoms with Crippen molar-refractivity contribution in [2.75, 3.05) is 0 Å². The van der Waals surface area contributed by atoms with E-state index in [1.165, 1.54) is 0 Å². The lowest BCUT2D eigenvalue weighted by Gasteiger charge is -2.09. The number of Topliss-reactive ketones (excluding diaryl/α,β-unsaturated/α-hetero) is 1. The number of aliphatic hydroxyl groups is 2. The molecule has 1 aromatic rings. The molecule has 0 saturated carbocycles. The molecule has 2 N–H and O–H groups in total. The molecule has 15 heavy (non-hydrogen) atoms. The van der Waals surface area contributed by atoms with E-state index in [9.17, 15) is 4.79 Å². The standard InChI is InChI=1S/C12H16O3/c1-2-3-8-11(13)9-6-4-5-7-10(9)12(14)15/h4-7,12,14-15H,2-3,8H2,1H3. The van der Waals surface area contributed by atoms with E-state index in [2.05, 4.69) is 0 Å². The van der Waals surface area contributed by atoms with Crippen molar-refractivity contribution in [3.05, 3.63) is 35.4 Å².